The largest absolute Gasteiger partial charge is 0.467 e. The first-order valence-electron chi connectivity index (χ1n) is 11.4. The fourth-order valence-electron chi connectivity index (χ4n) is 5.27. The molecule has 0 aliphatic carbocycles. The van der Waals surface area contributed by atoms with Crippen molar-refractivity contribution in [1.29, 1.82) is 0 Å². The monoisotopic (exact) mass is 456 g/mol. The lowest BCUT2D eigenvalue weighted by atomic mass is 9.85. The third-order valence-electron chi connectivity index (χ3n) is 6.72. The number of likely N-dealkylation sites (N-methyl/N-ethyl adjacent to an activating group) is 1. The zero-order valence-corrected chi connectivity index (χ0v) is 19.0. The Kier molecular flexibility index (Phi) is 6.54. The Hall–Kier alpha value is -3.16. The van der Waals surface area contributed by atoms with Gasteiger partial charge in [0.15, 0.2) is 0 Å². The summed E-state index contributed by atoms with van der Waals surface area (Å²) in [5.74, 6) is -1.61. The Morgan fingerprint density at radius 2 is 1.97 bits per heavy atom. The van der Waals surface area contributed by atoms with Crippen LogP contribution in [-0.2, 0) is 25.5 Å². The first kappa shape index (κ1) is 23.0. The molecule has 3 atom stereocenters. The minimum Gasteiger partial charge on any atom is -0.467 e. The van der Waals surface area contributed by atoms with Gasteiger partial charge in [0.25, 0.3) is 0 Å². The van der Waals surface area contributed by atoms with Crippen molar-refractivity contribution in [2.75, 3.05) is 20.2 Å². The molecule has 4 rings (SSSR count). The molecule has 2 aliphatic heterocycles. The second-order valence-electron chi connectivity index (χ2n) is 8.81. The Balaban J connectivity index is 1.81. The normalized spacial score (nSPS) is 25.4. The number of carbonyl (C=O) groups is 3. The molecule has 0 unspecified atom stereocenters. The van der Waals surface area contributed by atoms with E-state index in [0.717, 1.165) is 12.8 Å². The van der Waals surface area contributed by atoms with Gasteiger partial charge in [0.05, 0.1) is 25.2 Å². The predicted octanol–water partition coefficient (Wildman–Crippen LogP) is 3.50. The maximum atomic E-state index is 13.8. The highest BCUT2D eigenvalue weighted by molar-refractivity contribution is 5.95. The molecular formula is C25H29FN2O5. The highest BCUT2D eigenvalue weighted by Crippen LogP contribution is 2.51. The number of likely N-dealkylation sites (tertiary alicyclic amines) is 2. The summed E-state index contributed by atoms with van der Waals surface area (Å²) in [7, 11) is 1.73. The van der Waals surface area contributed by atoms with Crippen molar-refractivity contribution in [3.63, 3.8) is 0 Å². The first-order valence-corrected chi connectivity index (χ1v) is 11.4. The molecule has 1 spiro atoms. The summed E-state index contributed by atoms with van der Waals surface area (Å²) in [6, 6.07) is 8.38. The molecule has 2 fully saturated rings. The van der Waals surface area contributed by atoms with Crippen LogP contribution in [0.1, 0.15) is 50.0 Å². The summed E-state index contributed by atoms with van der Waals surface area (Å²) in [5, 5.41) is 0. The first-order chi connectivity index (χ1) is 15.9. The number of halogens is 1. The summed E-state index contributed by atoms with van der Waals surface area (Å²) >= 11 is 0. The minimum absolute atomic E-state index is 0.0220. The van der Waals surface area contributed by atoms with Gasteiger partial charge >= 0.3 is 5.97 Å². The number of ether oxygens (including phenoxy) is 1. The highest BCUT2D eigenvalue weighted by Gasteiger charge is 2.61. The summed E-state index contributed by atoms with van der Waals surface area (Å²) < 4.78 is 24.4. The molecule has 3 heterocycles. The molecule has 0 bridgehead atoms. The Labute approximate surface area is 192 Å². The average Bonchev–Trinajstić information content (AvgIpc) is 3.41. The number of esters is 1. The molecule has 33 heavy (non-hydrogen) atoms. The van der Waals surface area contributed by atoms with Crippen LogP contribution in [0.2, 0.25) is 0 Å². The molecule has 7 nitrogen and oxygen atoms in total. The van der Waals surface area contributed by atoms with E-state index in [0.29, 0.717) is 24.3 Å². The van der Waals surface area contributed by atoms with E-state index in [9.17, 15) is 18.8 Å². The van der Waals surface area contributed by atoms with Crippen molar-refractivity contribution in [3.8, 4) is 0 Å². The Bertz CT molecular complexity index is 1010. The van der Waals surface area contributed by atoms with Crippen LogP contribution in [0.3, 0.4) is 0 Å². The number of furan rings is 1. The molecule has 8 heteroatoms. The van der Waals surface area contributed by atoms with Crippen LogP contribution in [0, 0.1) is 11.7 Å². The number of hydrogen-bond acceptors (Lipinski definition) is 5. The van der Waals surface area contributed by atoms with Crippen LogP contribution in [0.25, 0.3) is 0 Å². The van der Waals surface area contributed by atoms with Crippen molar-refractivity contribution in [3.05, 3.63) is 59.8 Å². The van der Waals surface area contributed by atoms with Crippen LogP contribution in [0.15, 0.2) is 47.1 Å². The third kappa shape index (κ3) is 4.26. The zero-order valence-electron chi connectivity index (χ0n) is 19.0. The van der Waals surface area contributed by atoms with Crippen LogP contribution in [-0.4, -0.2) is 53.3 Å². The maximum absolute atomic E-state index is 13.8. The highest BCUT2D eigenvalue weighted by atomic mass is 19.1. The van der Waals surface area contributed by atoms with Gasteiger partial charge in [0.2, 0.25) is 11.8 Å². The third-order valence-corrected chi connectivity index (χ3v) is 6.72. The summed E-state index contributed by atoms with van der Waals surface area (Å²) in [5.41, 5.74) is -0.541. The second-order valence-corrected chi connectivity index (χ2v) is 8.81. The van der Waals surface area contributed by atoms with Gasteiger partial charge in [-0.25, -0.2) is 4.39 Å². The van der Waals surface area contributed by atoms with Crippen LogP contribution >= 0.6 is 0 Å². The Morgan fingerprint density at radius 1 is 1.21 bits per heavy atom. The van der Waals surface area contributed by atoms with Gasteiger partial charge in [-0.2, -0.15) is 0 Å². The van der Waals surface area contributed by atoms with E-state index in [2.05, 4.69) is 0 Å². The van der Waals surface area contributed by atoms with Gasteiger partial charge in [-0.05, 0) is 62.4 Å². The van der Waals surface area contributed by atoms with Crippen LogP contribution in [0.4, 0.5) is 4.39 Å². The molecule has 2 amide bonds. The summed E-state index contributed by atoms with van der Waals surface area (Å²) in [4.78, 5) is 43.8. The molecule has 1 aromatic heterocycles. The van der Waals surface area contributed by atoms with Gasteiger partial charge in [0, 0.05) is 13.6 Å². The number of amides is 2. The molecule has 176 valence electrons. The second kappa shape index (κ2) is 9.37. The fraction of sp³-hybridized carbons (Fsp3) is 0.480. The van der Waals surface area contributed by atoms with E-state index < -0.39 is 23.5 Å². The molecule has 2 aliphatic rings. The Morgan fingerprint density at radius 3 is 2.64 bits per heavy atom. The van der Waals surface area contributed by atoms with Gasteiger partial charge in [-0.15, -0.1) is 0 Å². The van der Waals surface area contributed by atoms with Crippen molar-refractivity contribution in [2.45, 2.75) is 50.6 Å². The van der Waals surface area contributed by atoms with Gasteiger partial charge in [0.1, 0.15) is 23.2 Å². The standard InChI is InChI=1S/C25H29FN2O5/c1-3-32-23(30)19-16-25(12-4-5-13-27(2)24(25)31)28(22(19)20-7-6-14-33-20)21(29)15-17-8-10-18(26)11-9-17/h6-11,14,19,22H,3-5,12-13,15-16H2,1-2H3/t19-,22+,25-/m0/s1. The average molecular weight is 457 g/mol. The predicted molar refractivity (Wildman–Crippen MR) is 117 cm³/mol. The lowest BCUT2D eigenvalue weighted by molar-refractivity contribution is -0.153. The lowest BCUT2D eigenvalue weighted by Gasteiger charge is -2.40. The minimum atomic E-state index is -1.17. The van der Waals surface area contributed by atoms with Crippen LogP contribution < -0.4 is 0 Å². The SMILES string of the molecule is CCOC(=O)[C@H]1C[C@]2(CCCCN(C)C2=O)N(C(=O)Cc2ccc(F)cc2)[C@H]1c1ccco1. The van der Waals surface area contributed by atoms with Crippen molar-refractivity contribution >= 4 is 17.8 Å². The summed E-state index contributed by atoms with van der Waals surface area (Å²) in [6.45, 7) is 2.52. The lowest BCUT2D eigenvalue weighted by Crippen LogP contribution is -2.57. The smallest absolute Gasteiger partial charge is 0.311 e. The van der Waals surface area contributed by atoms with E-state index in [1.165, 1.54) is 18.4 Å². The maximum Gasteiger partial charge on any atom is 0.311 e. The van der Waals surface area contributed by atoms with E-state index in [1.54, 1.807) is 48.0 Å². The molecular weight excluding hydrogens is 427 g/mol. The van der Waals surface area contributed by atoms with Crippen molar-refractivity contribution in [2.24, 2.45) is 5.92 Å². The van der Waals surface area contributed by atoms with E-state index >= 15 is 0 Å². The van der Waals surface area contributed by atoms with Crippen LogP contribution in [0.5, 0.6) is 0 Å². The van der Waals surface area contributed by atoms with Gasteiger partial charge in [-0.1, -0.05) is 12.1 Å². The van der Waals surface area contributed by atoms with E-state index in [4.69, 9.17) is 9.15 Å². The topological polar surface area (TPSA) is 80.1 Å². The van der Waals surface area contributed by atoms with E-state index in [1.807, 2.05) is 0 Å². The molecule has 1 aromatic carbocycles. The molecule has 2 saturated heterocycles. The summed E-state index contributed by atoms with van der Waals surface area (Å²) in [6.07, 6.45) is 3.67. The van der Waals surface area contributed by atoms with Gasteiger partial charge < -0.3 is 19.0 Å². The molecule has 0 saturated carbocycles. The van der Waals surface area contributed by atoms with Gasteiger partial charge in [-0.3, -0.25) is 14.4 Å². The number of nitrogens with zero attached hydrogens (tertiary/aromatic N) is 2. The number of hydrogen-bond donors (Lipinski definition) is 0. The van der Waals surface area contributed by atoms with E-state index in [-0.39, 0.29) is 37.1 Å². The van der Waals surface area contributed by atoms with Crippen molar-refractivity contribution in [1.82, 2.24) is 9.80 Å². The number of rotatable bonds is 5. The number of carbonyl (C=O) groups excluding carboxylic acids is 3. The zero-order chi connectivity index (χ0) is 23.6. The van der Waals surface area contributed by atoms with Crippen molar-refractivity contribution < 1.29 is 27.9 Å². The molecule has 0 radical (unpaired) electrons. The molecule has 2 aromatic rings. The molecule has 0 N–H and O–H groups in total. The number of benzene rings is 1. The fourth-order valence-corrected chi connectivity index (χ4v) is 5.27. The quantitative estimate of drug-likeness (QED) is 0.644.